The Bertz CT molecular complexity index is 444. The zero-order valence-electron chi connectivity index (χ0n) is 13.3. The molecule has 2 heterocycles. The summed E-state index contributed by atoms with van der Waals surface area (Å²) >= 11 is 3.66. The first-order chi connectivity index (χ1) is 10.1. The second-order valence-corrected chi connectivity index (χ2v) is 6.76. The van der Waals surface area contributed by atoms with Gasteiger partial charge in [0.2, 0.25) is 0 Å². The van der Waals surface area contributed by atoms with Gasteiger partial charge in [0.15, 0.2) is 0 Å². The van der Waals surface area contributed by atoms with Gasteiger partial charge in [-0.3, -0.25) is 4.90 Å². The Morgan fingerprint density at radius 2 is 1.95 bits per heavy atom. The highest BCUT2D eigenvalue weighted by Gasteiger charge is 2.21. The Hall–Kier alpha value is -0.880. The SMILES string of the molecule is CCCNc1ncnc(N2CCN(CC(C)C)CC2)c1Br. The molecule has 1 N–H and O–H groups in total. The highest BCUT2D eigenvalue weighted by atomic mass is 79.9. The van der Waals surface area contributed by atoms with E-state index in [-0.39, 0.29) is 0 Å². The quantitative estimate of drug-likeness (QED) is 0.849. The second kappa shape index (κ2) is 7.94. The monoisotopic (exact) mass is 355 g/mol. The van der Waals surface area contributed by atoms with Gasteiger partial charge >= 0.3 is 0 Å². The molecule has 0 amide bonds. The average Bonchev–Trinajstić information content (AvgIpc) is 2.47. The van der Waals surface area contributed by atoms with Crippen molar-refractivity contribution in [1.29, 1.82) is 0 Å². The van der Waals surface area contributed by atoms with E-state index in [2.05, 4.69) is 61.8 Å². The molecule has 6 heteroatoms. The molecule has 0 atom stereocenters. The molecule has 1 aromatic rings. The number of nitrogens with zero attached hydrogens (tertiary/aromatic N) is 4. The highest BCUT2D eigenvalue weighted by molar-refractivity contribution is 9.10. The van der Waals surface area contributed by atoms with Crippen molar-refractivity contribution in [3.05, 3.63) is 10.8 Å². The summed E-state index contributed by atoms with van der Waals surface area (Å²) in [7, 11) is 0. The molecule has 5 nitrogen and oxygen atoms in total. The predicted molar refractivity (Wildman–Crippen MR) is 92.0 cm³/mol. The normalized spacial score (nSPS) is 16.5. The van der Waals surface area contributed by atoms with Crippen LogP contribution in [0.2, 0.25) is 0 Å². The third-order valence-electron chi connectivity index (χ3n) is 3.61. The van der Waals surface area contributed by atoms with Gasteiger partial charge in [-0.05, 0) is 28.3 Å². The summed E-state index contributed by atoms with van der Waals surface area (Å²) in [5.74, 6) is 2.63. The molecule has 0 unspecified atom stereocenters. The van der Waals surface area contributed by atoms with E-state index < -0.39 is 0 Å². The van der Waals surface area contributed by atoms with Gasteiger partial charge in [-0.1, -0.05) is 20.8 Å². The third-order valence-corrected chi connectivity index (χ3v) is 4.34. The van der Waals surface area contributed by atoms with Crippen LogP contribution in [0.15, 0.2) is 10.8 Å². The van der Waals surface area contributed by atoms with Crippen molar-refractivity contribution < 1.29 is 0 Å². The summed E-state index contributed by atoms with van der Waals surface area (Å²) in [5.41, 5.74) is 0. The van der Waals surface area contributed by atoms with Gasteiger partial charge in [-0.2, -0.15) is 0 Å². The van der Waals surface area contributed by atoms with Crippen LogP contribution in [-0.4, -0.2) is 54.1 Å². The standard InChI is InChI=1S/C15H26BrN5/c1-4-5-17-14-13(16)15(19-11-18-14)21-8-6-20(7-9-21)10-12(2)3/h11-12H,4-10H2,1-3H3,(H,17,18,19). The Labute approximate surface area is 136 Å². The number of piperazine rings is 1. The number of hydrogen-bond donors (Lipinski definition) is 1. The van der Waals surface area contributed by atoms with Crippen LogP contribution in [0.1, 0.15) is 27.2 Å². The summed E-state index contributed by atoms with van der Waals surface area (Å²) in [6.07, 6.45) is 2.73. The van der Waals surface area contributed by atoms with Crippen LogP contribution < -0.4 is 10.2 Å². The summed E-state index contributed by atoms with van der Waals surface area (Å²) < 4.78 is 0.982. The number of nitrogens with one attached hydrogen (secondary N) is 1. The molecule has 1 fully saturated rings. The van der Waals surface area contributed by atoms with E-state index in [9.17, 15) is 0 Å². The predicted octanol–water partition coefficient (Wildman–Crippen LogP) is 2.84. The fourth-order valence-corrected chi connectivity index (χ4v) is 3.20. The molecule has 118 valence electrons. The number of hydrogen-bond acceptors (Lipinski definition) is 5. The van der Waals surface area contributed by atoms with Crippen molar-refractivity contribution in [3.63, 3.8) is 0 Å². The molecule has 1 aliphatic rings. The van der Waals surface area contributed by atoms with Crippen LogP contribution in [0.5, 0.6) is 0 Å². The van der Waals surface area contributed by atoms with Crippen molar-refractivity contribution >= 4 is 27.6 Å². The van der Waals surface area contributed by atoms with Gasteiger partial charge in [0.1, 0.15) is 22.4 Å². The van der Waals surface area contributed by atoms with E-state index in [0.717, 1.165) is 61.2 Å². The first kappa shape index (κ1) is 16.5. The van der Waals surface area contributed by atoms with Crippen molar-refractivity contribution in [1.82, 2.24) is 14.9 Å². The van der Waals surface area contributed by atoms with Crippen molar-refractivity contribution in [2.24, 2.45) is 5.92 Å². The zero-order valence-corrected chi connectivity index (χ0v) is 14.9. The lowest BCUT2D eigenvalue weighted by Crippen LogP contribution is -2.47. The topological polar surface area (TPSA) is 44.3 Å². The molecule has 0 spiro atoms. The number of anilines is 2. The number of halogens is 1. The van der Waals surface area contributed by atoms with Crippen LogP contribution in [-0.2, 0) is 0 Å². The van der Waals surface area contributed by atoms with Crippen LogP contribution in [0, 0.1) is 5.92 Å². The van der Waals surface area contributed by atoms with Crippen molar-refractivity contribution in [2.45, 2.75) is 27.2 Å². The van der Waals surface area contributed by atoms with Gasteiger partial charge < -0.3 is 10.2 Å². The summed E-state index contributed by atoms with van der Waals surface area (Å²) in [4.78, 5) is 13.7. The zero-order chi connectivity index (χ0) is 15.2. The minimum absolute atomic E-state index is 0.729. The van der Waals surface area contributed by atoms with Crippen LogP contribution in [0.25, 0.3) is 0 Å². The van der Waals surface area contributed by atoms with Crippen LogP contribution in [0.3, 0.4) is 0 Å². The molecule has 0 bridgehead atoms. The Morgan fingerprint density at radius 1 is 1.24 bits per heavy atom. The largest absolute Gasteiger partial charge is 0.369 e. The number of rotatable bonds is 6. The lowest BCUT2D eigenvalue weighted by molar-refractivity contribution is 0.231. The Balaban J connectivity index is 2.00. The van der Waals surface area contributed by atoms with E-state index in [0.29, 0.717) is 0 Å². The second-order valence-electron chi connectivity index (χ2n) is 5.97. The summed E-state index contributed by atoms with van der Waals surface area (Å²) in [6, 6.07) is 0. The highest BCUT2D eigenvalue weighted by Crippen LogP contribution is 2.30. The Morgan fingerprint density at radius 3 is 2.57 bits per heavy atom. The molecule has 0 aliphatic carbocycles. The molecule has 1 aromatic heterocycles. The molecule has 1 saturated heterocycles. The van der Waals surface area contributed by atoms with Crippen LogP contribution >= 0.6 is 15.9 Å². The molecule has 0 aromatic carbocycles. The maximum absolute atomic E-state index is 4.47. The third kappa shape index (κ3) is 4.54. The minimum Gasteiger partial charge on any atom is -0.369 e. The van der Waals surface area contributed by atoms with E-state index in [1.54, 1.807) is 6.33 Å². The van der Waals surface area contributed by atoms with Crippen molar-refractivity contribution in [2.75, 3.05) is 49.5 Å². The minimum atomic E-state index is 0.729. The lowest BCUT2D eigenvalue weighted by Gasteiger charge is -2.36. The molecule has 0 saturated carbocycles. The fraction of sp³-hybridized carbons (Fsp3) is 0.733. The average molecular weight is 356 g/mol. The maximum Gasteiger partial charge on any atom is 0.148 e. The molecule has 21 heavy (non-hydrogen) atoms. The number of aromatic nitrogens is 2. The molecule has 2 rings (SSSR count). The van der Waals surface area contributed by atoms with Crippen molar-refractivity contribution in [3.8, 4) is 0 Å². The van der Waals surface area contributed by atoms with Gasteiger partial charge in [-0.15, -0.1) is 0 Å². The van der Waals surface area contributed by atoms with E-state index in [4.69, 9.17) is 0 Å². The van der Waals surface area contributed by atoms with Gasteiger partial charge in [0, 0.05) is 39.3 Å². The van der Waals surface area contributed by atoms with E-state index in [1.807, 2.05) is 0 Å². The smallest absolute Gasteiger partial charge is 0.148 e. The van der Waals surface area contributed by atoms with Gasteiger partial charge in [0.25, 0.3) is 0 Å². The molecular formula is C15H26BrN5. The maximum atomic E-state index is 4.47. The summed E-state index contributed by atoms with van der Waals surface area (Å²) in [6.45, 7) is 13.1. The van der Waals surface area contributed by atoms with E-state index in [1.165, 1.54) is 6.54 Å². The Kier molecular flexibility index (Phi) is 6.23. The van der Waals surface area contributed by atoms with Crippen LogP contribution in [0.4, 0.5) is 11.6 Å². The lowest BCUT2D eigenvalue weighted by atomic mass is 10.2. The molecule has 0 radical (unpaired) electrons. The van der Waals surface area contributed by atoms with Gasteiger partial charge in [0.05, 0.1) is 0 Å². The van der Waals surface area contributed by atoms with E-state index >= 15 is 0 Å². The fourth-order valence-electron chi connectivity index (χ4n) is 2.61. The first-order valence-corrected chi connectivity index (χ1v) is 8.62. The first-order valence-electron chi connectivity index (χ1n) is 7.83. The molecule has 1 aliphatic heterocycles. The van der Waals surface area contributed by atoms with Gasteiger partial charge in [-0.25, -0.2) is 9.97 Å². The summed E-state index contributed by atoms with van der Waals surface area (Å²) in [5, 5.41) is 3.34. The molecular weight excluding hydrogens is 330 g/mol.